The minimum atomic E-state index is -0.464. The number of hydrogen-bond donors (Lipinski definition) is 3. The molecule has 1 saturated carbocycles. The third-order valence-corrected chi connectivity index (χ3v) is 6.17. The third kappa shape index (κ3) is 5.92. The molecule has 1 aliphatic rings. The first-order chi connectivity index (χ1) is 17.3. The fourth-order valence-corrected chi connectivity index (χ4v) is 4.14. The van der Waals surface area contributed by atoms with Crippen LogP contribution in [-0.2, 0) is 24.3 Å². The second-order valence-electron chi connectivity index (χ2n) is 9.84. The lowest BCUT2D eigenvalue weighted by Crippen LogP contribution is -2.31. The van der Waals surface area contributed by atoms with Crippen molar-refractivity contribution in [2.75, 3.05) is 5.32 Å². The molecule has 3 aromatic rings. The molecule has 1 aliphatic carbocycles. The maximum absolute atomic E-state index is 12.7. The van der Waals surface area contributed by atoms with Crippen molar-refractivity contribution in [3.05, 3.63) is 56.5 Å². The van der Waals surface area contributed by atoms with Gasteiger partial charge in [-0.25, -0.2) is 9.78 Å². The van der Waals surface area contributed by atoms with E-state index in [0.29, 0.717) is 47.7 Å². The number of nitrogens with one attached hydrogen (secondary N) is 3. The van der Waals surface area contributed by atoms with Gasteiger partial charge >= 0.3 is 5.69 Å². The quantitative estimate of drug-likeness (QED) is 0.377. The second kappa shape index (κ2) is 10.9. The van der Waals surface area contributed by atoms with Crippen LogP contribution in [0.1, 0.15) is 69.1 Å². The number of aromatic amines is 1. The summed E-state index contributed by atoms with van der Waals surface area (Å²) in [4.78, 5) is 57.1. The minimum Gasteiger partial charge on any atom is -0.349 e. The molecule has 2 amide bonds. The summed E-state index contributed by atoms with van der Waals surface area (Å²) in [7, 11) is 0. The van der Waals surface area contributed by atoms with E-state index >= 15 is 0 Å². The number of anilines is 1. The molecule has 2 heterocycles. The van der Waals surface area contributed by atoms with Crippen LogP contribution in [0.4, 0.5) is 5.69 Å². The zero-order valence-electron chi connectivity index (χ0n) is 21.1. The van der Waals surface area contributed by atoms with Crippen molar-refractivity contribution in [1.29, 1.82) is 0 Å². The maximum atomic E-state index is 12.7. The van der Waals surface area contributed by atoms with Crippen LogP contribution in [0.15, 0.2) is 33.9 Å². The van der Waals surface area contributed by atoms with Crippen LogP contribution < -0.4 is 21.9 Å². The molecule has 0 radical (unpaired) electrons. The Morgan fingerprint density at radius 2 is 1.86 bits per heavy atom. The highest BCUT2D eigenvalue weighted by Crippen LogP contribution is 2.20. The summed E-state index contributed by atoms with van der Waals surface area (Å²) < 4.78 is 3.35. The molecule has 36 heavy (non-hydrogen) atoms. The Bertz CT molecular complexity index is 1360. The molecule has 0 bridgehead atoms. The van der Waals surface area contributed by atoms with Gasteiger partial charge in [0, 0.05) is 43.2 Å². The van der Waals surface area contributed by atoms with Gasteiger partial charge in [0.15, 0.2) is 11.2 Å². The molecule has 0 spiro atoms. The normalized spacial score (nSPS) is 13.3. The van der Waals surface area contributed by atoms with Crippen LogP contribution in [-0.4, -0.2) is 37.0 Å². The minimum absolute atomic E-state index is 0.105. The van der Waals surface area contributed by atoms with Gasteiger partial charge in [-0.05, 0) is 49.4 Å². The first kappa shape index (κ1) is 25.4. The molecule has 1 aromatic carbocycles. The van der Waals surface area contributed by atoms with Gasteiger partial charge in [-0.2, -0.15) is 0 Å². The predicted molar refractivity (Wildman–Crippen MR) is 138 cm³/mol. The van der Waals surface area contributed by atoms with Gasteiger partial charge in [-0.1, -0.05) is 27.2 Å². The molecule has 1 fully saturated rings. The van der Waals surface area contributed by atoms with E-state index in [1.807, 2.05) is 25.3 Å². The van der Waals surface area contributed by atoms with E-state index in [1.165, 1.54) is 4.57 Å². The Morgan fingerprint density at radius 1 is 1.14 bits per heavy atom. The molecule has 10 heteroatoms. The summed E-state index contributed by atoms with van der Waals surface area (Å²) in [6.45, 7) is 7.13. The molecule has 192 valence electrons. The molecule has 0 aliphatic heterocycles. The number of H-pyrrole nitrogens is 1. The van der Waals surface area contributed by atoms with Gasteiger partial charge in [0.05, 0.1) is 0 Å². The Balaban J connectivity index is 1.50. The molecule has 2 aromatic heterocycles. The zero-order valence-corrected chi connectivity index (χ0v) is 21.1. The molecule has 0 saturated heterocycles. The monoisotopic (exact) mass is 494 g/mol. The van der Waals surface area contributed by atoms with E-state index in [1.54, 1.807) is 24.3 Å². The van der Waals surface area contributed by atoms with Gasteiger partial charge in [0.25, 0.3) is 11.5 Å². The number of unbranched alkanes of at least 4 members (excludes halogenated alkanes) is 1. The largest absolute Gasteiger partial charge is 0.349 e. The first-order valence-corrected chi connectivity index (χ1v) is 12.7. The first-order valence-electron chi connectivity index (χ1n) is 12.7. The van der Waals surface area contributed by atoms with E-state index < -0.39 is 11.2 Å². The van der Waals surface area contributed by atoms with Crippen LogP contribution in [0.5, 0.6) is 0 Å². The van der Waals surface area contributed by atoms with Crippen molar-refractivity contribution in [3.63, 3.8) is 0 Å². The van der Waals surface area contributed by atoms with Crippen LogP contribution >= 0.6 is 0 Å². The summed E-state index contributed by atoms with van der Waals surface area (Å²) in [5.74, 6) is 0.528. The Labute approximate surface area is 209 Å². The summed E-state index contributed by atoms with van der Waals surface area (Å²) in [5, 5.41) is 5.79. The van der Waals surface area contributed by atoms with Gasteiger partial charge in [-0.15, -0.1) is 0 Å². The topological polar surface area (TPSA) is 131 Å². The Morgan fingerprint density at radius 3 is 2.50 bits per heavy atom. The highest BCUT2D eigenvalue weighted by atomic mass is 16.2. The number of benzene rings is 1. The van der Waals surface area contributed by atoms with Crippen molar-refractivity contribution in [2.45, 2.75) is 78.4 Å². The molecular formula is C26H34N6O4. The summed E-state index contributed by atoms with van der Waals surface area (Å²) in [6, 6.07) is 7.09. The highest BCUT2D eigenvalue weighted by Gasteiger charge is 2.24. The van der Waals surface area contributed by atoms with Gasteiger partial charge < -0.3 is 15.2 Å². The van der Waals surface area contributed by atoms with Crippen LogP contribution in [0, 0.1) is 5.92 Å². The summed E-state index contributed by atoms with van der Waals surface area (Å²) >= 11 is 0. The zero-order chi connectivity index (χ0) is 25.8. The lowest BCUT2D eigenvalue weighted by molar-refractivity contribution is -0.116. The number of hydrogen-bond acceptors (Lipinski definition) is 5. The summed E-state index contributed by atoms with van der Waals surface area (Å²) in [6.07, 6.45) is 4.21. The Kier molecular flexibility index (Phi) is 7.71. The molecular weight excluding hydrogens is 460 g/mol. The average molecular weight is 495 g/mol. The molecule has 3 N–H and O–H groups in total. The van der Waals surface area contributed by atoms with Crippen LogP contribution in [0.25, 0.3) is 11.2 Å². The van der Waals surface area contributed by atoms with E-state index in [0.717, 1.165) is 25.7 Å². The Hall–Kier alpha value is -3.69. The van der Waals surface area contributed by atoms with Crippen molar-refractivity contribution in [3.8, 4) is 0 Å². The van der Waals surface area contributed by atoms with Crippen molar-refractivity contribution >= 4 is 28.7 Å². The standard InChI is InChI=1S/C26H34N6O4/c1-4-5-14-31-23-22(25(35)30-26(31)36)32(15-16(2)3)20(29-23)12-13-21(33)27-18-8-6-17(7-9-18)24(34)28-19-10-11-19/h6-9,16,19H,4-5,10-15H2,1-3H3,(H,27,33)(H,28,34)(H,30,35,36). The van der Waals surface area contributed by atoms with Crippen molar-refractivity contribution in [1.82, 2.24) is 24.4 Å². The summed E-state index contributed by atoms with van der Waals surface area (Å²) in [5.41, 5.74) is 0.972. The number of rotatable bonds is 11. The molecule has 10 nitrogen and oxygen atoms in total. The van der Waals surface area contributed by atoms with E-state index in [9.17, 15) is 19.2 Å². The number of fused-ring (bicyclic) bond motifs is 1. The van der Waals surface area contributed by atoms with Gasteiger partial charge in [0.2, 0.25) is 5.91 Å². The van der Waals surface area contributed by atoms with E-state index in [2.05, 4.69) is 20.6 Å². The highest BCUT2D eigenvalue weighted by molar-refractivity contribution is 5.96. The second-order valence-corrected chi connectivity index (χ2v) is 9.84. The third-order valence-electron chi connectivity index (χ3n) is 6.17. The van der Waals surface area contributed by atoms with Crippen LogP contribution in [0.3, 0.4) is 0 Å². The molecule has 0 atom stereocenters. The number of amides is 2. The number of nitrogens with zero attached hydrogens (tertiary/aromatic N) is 3. The SMILES string of the molecule is CCCCn1c(=O)[nH]c(=O)c2c1nc(CCC(=O)Nc1ccc(C(=O)NC3CC3)cc1)n2CC(C)C. The number of carbonyl (C=O) groups is 2. The van der Waals surface area contributed by atoms with Crippen molar-refractivity contribution in [2.24, 2.45) is 5.92 Å². The fraction of sp³-hybridized carbons (Fsp3) is 0.500. The number of imidazole rings is 1. The lowest BCUT2D eigenvalue weighted by atomic mass is 10.2. The van der Waals surface area contributed by atoms with Crippen LogP contribution in [0.2, 0.25) is 0 Å². The average Bonchev–Trinajstić information content (AvgIpc) is 3.57. The molecule has 0 unspecified atom stereocenters. The maximum Gasteiger partial charge on any atom is 0.330 e. The lowest BCUT2D eigenvalue weighted by Gasteiger charge is -2.12. The molecule has 4 rings (SSSR count). The fourth-order valence-electron chi connectivity index (χ4n) is 4.14. The smallest absolute Gasteiger partial charge is 0.330 e. The predicted octanol–water partition coefficient (Wildman–Crippen LogP) is 2.81. The van der Waals surface area contributed by atoms with Gasteiger partial charge in [0.1, 0.15) is 5.82 Å². The number of carbonyl (C=O) groups excluding carboxylic acids is 2. The number of aromatic nitrogens is 4. The van der Waals surface area contributed by atoms with Crippen molar-refractivity contribution < 1.29 is 9.59 Å². The van der Waals surface area contributed by atoms with Gasteiger partial charge in [-0.3, -0.25) is 23.9 Å². The number of aryl methyl sites for hydroxylation is 2. The van der Waals surface area contributed by atoms with E-state index in [-0.39, 0.29) is 30.2 Å². The van der Waals surface area contributed by atoms with E-state index in [4.69, 9.17) is 0 Å².